The van der Waals surface area contributed by atoms with Gasteiger partial charge >= 0.3 is 0 Å². The minimum Gasteiger partial charge on any atom is -0.339 e. The van der Waals surface area contributed by atoms with Crippen molar-refractivity contribution >= 4 is 17.5 Å². The Kier molecular flexibility index (Phi) is 6.36. The molecule has 0 bridgehead atoms. The molecule has 0 aromatic heterocycles. The lowest BCUT2D eigenvalue weighted by atomic mass is 9.89. The van der Waals surface area contributed by atoms with Crippen molar-refractivity contribution in [3.05, 3.63) is 64.7 Å². The van der Waals surface area contributed by atoms with Crippen LogP contribution in [0.2, 0.25) is 0 Å². The number of amides is 2. The third kappa shape index (κ3) is 4.80. The van der Waals surface area contributed by atoms with Gasteiger partial charge in [-0.05, 0) is 73.9 Å². The molecule has 2 fully saturated rings. The Morgan fingerprint density at radius 3 is 2.32 bits per heavy atom. The van der Waals surface area contributed by atoms with E-state index in [-0.39, 0.29) is 17.7 Å². The van der Waals surface area contributed by atoms with Crippen LogP contribution in [0.1, 0.15) is 71.5 Å². The summed E-state index contributed by atoms with van der Waals surface area (Å²) in [4.78, 5) is 27.6. The number of piperidine rings is 1. The van der Waals surface area contributed by atoms with Crippen LogP contribution in [-0.2, 0) is 4.79 Å². The summed E-state index contributed by atoms with van der Waals surface area (Å²) in [5.41, 5.74) is 4.26. The molecule has 1 aliphatic heterocycles. The summed E-state index contributed by atoms with van der Waals surface area (Å²) in [7, 11) is 0. The molecule has 1 saturated carbocycles. The van der Waals surface area contributed by atoms with Gasteiger partial charge in [-0.2, -0.15) is 5.26 Å². The number of nitriles is 1. The number of carbonyl (C=O) groups is 2. The molecule has 0 spiro atoms. The molecule has 1 N–H and O–H groups in total. The minimum atomic E-state index is 0.0228. The molecule has 4 rings (SSSR count). The lowest BCUT2D eigenvalue weighted by molar-refractivity contribution is -0.119. The van der Waals surface area contributed by atoms with Crippen LogP contribution in [-0.4, -0.2) is 29.8 Å². The quantitative estimate of drug-likeness (QED) is 0.762. The van der Waals surface area contributed by atoms with Gasteiger partial charge in [0.25, 0.3) is 5.91 Å². The summed E-state index contributed by atoms with van der Waals surface area (Å²) in [5.74, 6) is 0.610. The van der Waals surface area contributed by atoms with Crippen molar-refractivity contribution < 1.29 is 9.59 Å². The van der Waals surface area contributed by atoms with Crippen LogP contribution in [0, 0.1) is 24.2 Å². The fourth-order valence-corrected chi connectivity index (χ4v) is 4.74. The molecule has 2 aromatic carbocycles. The highest BCUT2D eigenvalue weighted by atomic mass is 16.2. The highest BCUT2D eigenvalue weighted by molar-refractivity contribution is 5.98. The maximum atomic E-state index is 13.1. The predicted octanol–water partition coefficient (Wildman–Crippen LogP) is 5.02. The Hall–Kier alpha value is -3.13. The number of hydrogen-bond donors (Lipinski definition) is 1. The van der Waals surface area contributed by atoms with E-state index in [9.17, 15) is 9.59 Å². The van der Waals surface area contributed by atoms with E-state index in [0.717, 1.165) is 49.8 Å². The summed E-state index contributed by atoms with van der Waals surface area (Å²) >= 11 is 0. The second-order valence-electron chi connectivity index (χ2n) is 8.80. The van der Waals surface area contributed by atoms with Crippen LogP contribution in [0.25, 0.3) is 0 Å². The maximum Gasteiger partial charge on any atom is 0.253 e. The predicted molar refractivity (Wildman–Crippen MR) is 121 cm³/mol. The van der Waals surface area contributed by atoms with Gasteiger partial charge in [-0.3, -0.25) is 9.59 Å². The summed E-state index contributed by atoms with van der Waals surface area (Å²) in [6.07, 6.45) is 5.97. The molecular formula is C26H29N3O2. The summed E-state index contributed by atoms with van der Waals surface area (Å²) in [6, 6.07) is 15.5. The first-order valence-corrected chi connectivity index (χ1v) is 11.3. The van der Waals surface area contributed by atoms with Crippen molar-refractivity contribution in [2.45, 2.75) is 51.4 Å². The van der Waals surface area contributed by atoms with Gasteiger partial charge in [-0.15, -0.1) is 0 Å². The lowest BCUT2D eigenvalue weighted by Gasteiger charge is -2.32. The van der Waals surface area contributed by atoms with Gasteiger partial charge in [0.1, 0.15) is 0 Å². The number of nitrogens with zero attached hydrogens (tertiary/aromatic N) is 2. The minimum absolute atomic E-state index is 0.0228. The third-order valence-corrected chi connectivity index (χ3v) is 6.76. The van der Waals surface area contributed by atoms with Gasteiger partial charge in [-0.1, -0.05) is 31.0 Å². The van der Waals surface area contributed by atoms with Crippen LogP contribution >= 0.6 is 0 Å². The number of nitrogens with one attached hydrogen (secondary N) is 1. The second kappa shape index (κ2) is 9.34. The van der Waals surface area contributed by atoms with E-state index < -0.39 is 0 Å². The highest BCUT2D eigenvalue weighted by Crippen LogP contribution is 2.30. The summed E-state index contributed by atoms with van der Waals surface area (Å²) in [6.45, 7) is 3.38. The monoisotopic (exact) mass is 415 g/mol. The van der Waals surface area contributed by atoms with E-state index in [1.54, 1.807) is 0 Å². The smallest absolute Gasteiger partial charge is 0.253 e. The van der Waals surface area contributed by atoms with E-state index in [0.29, 0.717) is 30.1 Å². The van der Waals surface area contributed by atoms with Gasteiger partial charge < -0.3 is 10.2 Å². The van der Waals surface area contributed by atoms with Crippen LogP contribution in [0.4, 0.5) is 5.69 Å². The SMILES string of the molecule is Cc1ccc(C(=O)N2CCC(c3ccc(C#N)cc3)CC2)cc1NC(=O)C1CCCC1. The molecule has 1 heterocycles. The Morgan fingerprint density at radius 2 is 1.68 bits per heavy atom. The van der Waals surface area contributed by atoms with Gasteiger partial charge in [0.2, 0.25) is 5.91 Å². The highest BCUT2D eigenvalue weighted by Gasteiger charge is 2.26. The fraction of sp³-hybridized carbons (Fsp3) is 0.423. The number of benzene rings is 2. The first-order chi connectivity index (χ1) is 15.0. The third-order valence-electron chi connectivity index (χ3n) is 6.76. The number of rotatable bonds is 4. The molecule has 2 amide bonds. The molecule has 0 radical (unpaired) electrons. The molecule has 31 heavy (non-hydrogen) atoms. The normalized spacial score (nSPS) is 17.4. The van der Waals surface area contributed by atoms with Crippen molar-refractivity contribution in [2.75, 3.05) is 18.4 Å². The maximum absolute atomic E-state index is 13.1. The van der Waals surface area contributed by atoms with E-state index >= 15 is 0 Å². The lowest BCUT2D eigenvalue weighted by Crippen LogP contribution is -2.38. The van der Waals surface area contributed by atoms with Crippen LogP contribution in [0.3, 0.4) is 0 Å². The topological polar surface area (TPSA) is 73.2 Å². The van der Waals surface area contributed by atoms with Gasteiger partial charge in [0.05, 0.1) is 11.6 Å². The average Bonchev–Trinajstić information content (AvgIpc) is 3.35. The van der Waals surface area contributed by atoms with Crippen LogP contribution < -0.4 is 5.32 Å². The number of hydrogen-bond acceptors (Lipinski definition) is 3. The zero-order valence-corrected chi connectivity index (χ0v) is 18.1. The zero-order chi connectivity index (χ0) is 21.8. The summed E-state index contributed by atoms with van der Waals surface area (Å²) < 4.78 is 0. The number of aryl methyl sites for hydroxylation is 1. The van der Waals surface area contributed by atoms with Crippen molar-refractivity contribution in [3.8, 4) is 6.07 Å². The van der Waals surface area contributed by atoms with Crippen molar-refractivity contribution in [1.29, 1.82) is 5.26 Å². The molecule has 5 nitrogen and oxygen atoms in total. The van der Waals surface area contributed by atoms with E-state index in [1.807, 2.05) is 54.3 Å². The fourth-order valence-electron chi connectivity index (χ4n) is 4.74. The molecule has 2 aromatic rings. The number of likely N-dealkylation sites (tertiary alicyclic amines) is 1. The number of anilines is 1. The summed E-state index contributed by atoms with van der Waals surface area (Å²) in [5, 5.41) is 12.0. The molecule has 0 unspecified atom stereocenters. The Balaban J connectivity index is 1.39. The molecule has 2 aliphatic rings. The Morgan fingerprint density at radius 1 is 1.00 bits per heavy atom. The average molecular weight is 416 g/mol. The molecule has 1 aliphatic carbocycles. The Labute approximate surface area is 184 Å². The van der Waals surface area contributed by atoms with E-state index in [2.05, 4.69) is 11.4 Å². The molecular weight excluding hydrogens is 386 g/mol. The van der Waals surface area contributed by atoms with Gasteiger partial charge in [-0.25, -0.2) is 0 Å². The molecule has 5 heteroatoms. The first kappa shape index (κ1) is 21.1. The van der Waals surface area contributed by atoms with E-state index in [4.69, 9.17) is 5.26 Å². The molecule has 0 atom stereocenters. The van der Waals surface area contributed by atoms with Crippen molar-refractivity contribution in [3.63, 3.8) is 0 Å². The number of carbonyl (C=O) groups excluding carboxylic acids is 2. The van der Waals surface area contributed by atoms with Crippen LogP contribution in [0.5, 0.6) is 0 Å². The van der Waals surface area contributed by atoms with Crippen molar-refractivity contribution in [2.24, 2.45) is 5.92 Å². The largest absolute Gasteiger partial charge is 0.339 e. The van der Waals surface area contributed by atoms with E-state index in [1.165, 1.54) is 5.56 Å². The molecule has 160 valence electrons. The van der Waals surface area contributed by atoms with Gasteiger partial charge in [0, 0.05) is 30.3 Å². The first-order valence-electron chi connectivity index (χ1n) is 11.3. The Bertz CT molecular complexity index is 992. The van der Waals surface area contributed by atoms with Crippen molar-refractivity contribution in [1.82, 2.24) is 4.90 Å². The molecule has 1 saturated heterocycles. The second-order valence-corrected chi connectivity index (χ2v) is 8.80. The van der Waals surface area contributed by atoms with Gasteiger partial charge in [0.15, 0.2) is 0 Å². The standard InChI is InChI=1S/C26H29N3O2/c1-18-6-9-23(16-24(18)28-25(30)22-4-2-3-5-22)26(31)29-14-12-21(13-15-29)20-10-7-19(17-27)8-11-20/h6-11,16,21-22H,2-5,12-15H2,1H3,(H,28,30). The zero-order valence-electron chi connectivity index (χ0n) is 18.1. The van der Waals surface area contributed by atoms with Crippen LogP contribution in [0.15, 0.2) is 42.5 Å².